The van der Waals surface area contributed by atoms with Crippen molar-refractivity contribution in [3.05, 3.63) is 12.2 Å². The minimum Gasteiger partial charge on any atom is -0.468 e. The van der Waals surface area contributed by atoms with Crippen molar-refractivity contribution < 1.29 is 56.8 Å². The van der Waals surface area contributed by atoms with E-state index in [1.165, 1.54) is 13.2 Å². The number of allylic oxidation sites excluding steroid dienone is 1. The van der Waals surface area contributed by atoms with Crippen LogP contribution in [0.4, 0.5) is 0 Å². The fourth-order valence-electron chi connectivity index (χ4n) is 6.38. The molecule has 0 aromatic heterocycles. The molecule has 2 bridgehead atoms. The van der Waals surface area contributed by atoms with Crippen LogP contribution in [0.2, 0.25) is 0 Å². The molecule has 2 unspecified atom stereocenters. The van der Waals surface area contributed by atoms with Crippen LogP contribution < -0.4 is 10.0 Å². The fourth-order valence-corrected chi connectivity index (χ4v) is 6.94. The molecule has 2 rings (SSSR count). The van der Waals surface area contributed by atoms with Crippen LogP contribution in [-0.2, 0) is 38.8 Å². The highest BCUT2D eigenvalue weighted by molar-refractivity contribution is 7.83. The molecule has 6 N–H and O–H groups in total. The number of fused-ring (bicyclic) bond motifs is 2. The van der Waals surface area contributed by atoms with E-state index < -0.39 is 46.9 Å². The molecule has 0 radical (unpaired) electrons. The molecule has 0 aromatic rings. The molecule has 2 fully saturated rings. The standard InChI is InChI=1S/C34H62N2O12S/c1-45-33(41)24-35-32(40)20-12-6-2-5-11-18-30-31-19-15-22-34(47-30,48-31)21-13-8-10-17-29(39)28(38)16-9-4-3-7-14-23-46-26-27(25-37)36-49(42,43)44/h12,20,27-31,36-39H,2-11,13-19,21-26H2,1H3,(H,35,40)(H,42,43,44)/b20-12+/t27-,28?,29?,30+,31+,34+/m0/s1. The maximum absolute atomic E-state index is 11.7. The van der Waals surface area contributed by atoms with Crippen LogP contribution in [0.25, 0.3) is 0 Å². The van der Waals surface area contributed by atoms with Crippen molar-refractivity contribution in [2.75, 3.05) is 33.5 Å². The fraction of sp³-hybridized carbons (Fsp3) is 0.882. The summed E-state index contributed by atoms with van der Waals surface area (Å²) < 4.78 is 55.0. The lowest BCUT2D eigenvalue weighted by molar-refractivity contribution is -0.198. The number of ether oxygens (including phenoxy) is 4. The molecule has 0 saturated carbocycles. The summed E-state index contributed by atoms with van der Waals surface area (Å²) in [5.41, 5.74) is 0. The van der Waals surface area contributed by atoms with Crippen LogP contribution in [0.3, 0.4) is 0 Å². The molecule has 6 atom stereocenters. The zero-order chi connectivity index (χ0) is 36.0. The lowest BCUT2D eigenvalue weighted by Gasteiger charge is -2.31. The number of hydrogen-bond donors (Lipinski definition) is 6. The van der Waals surface area contributed by atoms with Gasteiger partial charge in [0.15, 0.2) is 5.79 Å². The lowest BCUT2D eigenvalue weighted by atomic mass is 9.95. The number of rotatable bonds is 29. The first-order chi connectivity index (χ1) is 23.5. The molecule has 0 spiro atoms. The van der Waals surface area contributed by atoms with E-state index in [4.69, 9.17) is 23.9 Å². The van der Waals surface area contributed by atoms with E-state index in [2.05, 4.69) is 10.1 Å². The second kappa shape index (κ2) is 24.5. The summed E-state index contributed by atoms with van der Waals surface area (Å²) in [5, 5.41) is 32.4. The lowest BCUT2D eigenvalue weighted by Crippen LogP contribution is -2.40. The summed E-state index contributed by atoms with van der Waals surface area (Å²) in [6.07, 6.45) is 19.0. The second-order valence-electron chi connectivity index (χ2n) is 13.3. The van der Waals surface area contributed by atoms with Crippen LogP contribution >= 0.6 is 0 Å². The van der Waals surface area contributed by atoms with E-state index in [-0.39, 0.29) is 31.3 Å². The molecule has 0 aliphatic carbocycles. The Kier molecular flexibility index (Phi) is 21.7. The summed E-state index contributed by atoms with van der Waals surface area (Å²) >= 11 is 0. The number of unbranched alkanes of at least 4 members (excludes halogenated alkanes) is 9. The minimum atomic E-state index is -4.38. The molecule has 286 valence electrons. The van der Waals surface area contributed by atoms with Crippen molar-refractivity contribution >= 4 is 22.2 Å². The number of carbonyl (C=O) groups is 2. The van der Waals surface area contributed by atoms with Gasteiger partial charge in [0.2, 0.25) is 5.91 Å². The Balaban J connectivity index is 1.47. The number of hydrogen-bond acceptors (Lipinski definition) is 11. The molecular weight excluding hydrogens is 660 g/mol. The highest BCUT2D eigenvalue weighted by Gasteiger charge is 2.49. The van der Waals surface area contributed by atoms with E-state index in [0.29, 0.717) is 19.4 Å². The van der Waals surface area contributed by atoms with E-state index >= 15 is 0 Å². The van der Waals surface area contributed by atoms with Gasteiger partial charge in [0.1, 0.15) is 6.54 Å². The van der Waals surface area contributed by atoms with Crippen LogP contribution in [0.5, 0.6) is 0 Å². The molecule has 14 nitrogen and oxygen atoms in total. The molecule has 1 amide bonds. The molecule has 2 aliphatic rings. The van der Waals surface area contributed by atoms with Gasteiger partial charge in [-0.3, -0.25) is 14.1 Å². The Bertz CT molecular complexity index is 1060. The van der Waals surface area contributed by atoms with Gasteiger partial charge in [0.25, 0.3) is 0 Å². The molecule has 2 aliphatic heterocycles. The topological polar surface area (TPSA) is 210 Å². The Morgan fingerprint density at radius 1 is 0.959 bits per heavy atom. The zero-order valence-electron chi connectivity index (χ0n) is 29.3. The minimum absolute atomic E-state index is 0.0287. The SMILES string of the molecule is COC(=O)CNC(=O)/C=C/CCCCC[C@H]1O[C@@]2(CCCCCC(O)C(O)CCCCCCCOC[C@H](CO)NS(=O)(=O)O)CCC[C@H]1O2. The van der Waals surface area contributed by atoms with Gasteiger partial charge in [0.05, 0.1) is 50.8 Å². The predicted octanol–water partition coefficient (Wildman–Crippen LogP) is 3.23. The predicted molar refractivity (Wildman–Crippen MR) is 183 cm³/mol. The average Bonchev–Trinajstić information content (AvgIpc) is 3.31. The maximum atomic E-state index is 11.7. The zero-order valence-corrected chi connectivity index (χ0v) is 30.1. The van der Waals surface area contributed by atoms with Gasteiger partial charge in [-0.25, -0.2) is 0 Å². The first kappa shape index (κ1) is 43.5. The van der Waals surface area contributed by atoms with Gasteiger partial charge in [-0.15, -0.1) is 0 Å². The summed E-state index contributed by atoms with van der Waals surface area (Å²) in [7, 11) is -3.11. The molecule has 2 heterocycles. The summed E-state index contributed by atoms with van der Waals surface area (Å²) in [6.45, 7) is -0.223. The van der Waals surface area contributed by atoms with Crippen LogP contribution in [-0.4, -0.2) is 110 Å². The number of aliphatic hydroxyl groups is 3. The Morgan fingerprint density at radius 3 is 2.33 bits per heavy atom. The van der Waals surface area contributed by atoms with E-state index in [1.807, 2.05) is 10.8 Å². The number of amides is 1. The second-order valence-corrected chi connectivity index (χ2v) is 14.5. The van der Waals surface area contributed by atoms with Gasteiger partial charge < -0.3 is 39.6 Å². The van der Waals surface area contributed by atoms with Crippen molar-refractivity contribution in [3.63, 3.8) is 0 Å². The Morgan fingerprint density at radius 2 is 1.63 bits per heavy atom. The summed E-state index contributed by atoms with van der Waals surface area (Å²) in [5.74, 6) is -1.27. The highest BCUT2D eigenvalue weighted by atomic mass is 32.2. The smallest absolute Gasteiger partial charge is 0.333 e. The quantitative estimate of drug-likeness (QED) is 0.0285. The summed E-state index contributed by atoms with van der Waals surface area (Å²) in [6, 6.07) is -0.884. The summed E-state index contributed by atoms with van der Waals surface area (Å²) in [4.78, 5) is 22.7. The molecule has 0 aromatic carbocycles. The Labute approximate surface area is 292 Å². The average molecular weight is 723 g/mol. The van der Waals surface area contributed by atoms with E-state index in [9.17, 15) is 28.2 Å². The maximum Gasteiger partial charge on any atom is 0.333 e. The van der Waals surface area contributed by atoms with E-state index in [1.54, 1.807) is 0 Å². The van der Waals surface area contributed by atoms with Gasteiger partial charge in [-0.05, 0) is 63.9 Å². The Hall–Kier alpha value is -1.69. The molecule has 15 heteroatoms. The molecular formula is C34H62N2O12S. The third kappa shape index (κ3) is 19.5. The largest absolute Gasteiger partial charge is 0.468 e. The first-order valence-corrected chi connectivity index (χ1v) is 19.6. The van der Waals surface area contributed by atoms with Crippen LogP contribution in [0.1, 0.15) is 122 Å². The number of methoxy groups -OCH3 is 1. The van der Waals surface area contributed by atoms with Crippen LogP contribution in [0, 0.1) is 0 Å². The van der Waals surface area contributed by atoms with Crippen LogP contribution in [0.15, 0.2) is 12.2 Å². The van der Waals surface area contributed by atoms with Crippen molar-refractivity contribution in [2.45, 2.75) is 158 Å². The van der Waals surface area contributed by atoms with Gasteiger partial charge >= 0.3 is 16.3 Å². The normalized spacial score (nSPS) is 22.6. The third-order valence-electron chi connectivity index (χ3n) is 9.10. The highest BCUT2D eigenvalue weighted by Crippen LogP contribution is 2.44. The van der Waals surface area contributed by atoms with Gasteiger partial charge in [0, 0.05) is 19.4 Å². The number of aliphatic hydroxyl groups excluding tert-OH is 3. The molecule has 2 saturated heterocycles. The van der Waals surface area contributed by atoms with Gasteiger partial charge in [-0.2, -0.15) is 13.1 Å². The van der Waals surface area contributed by atoms with Crippen molar-refractivity contribution in [3.8, 4) is 0 Å². The van der Waals surface area contributed by atoms with Crippen molar-refractivity contribution in [2.24, 2.45) is 0 Å². The van der Waals surface area contributed by atoms with Crippen molar-refractivity contribution in [1.82, 2.24) is 10.0 Å². The first-order valence-electron chi connectivity index (χ1n) is 18.1. The monoisotopic (exact) mass is 722 g/mol. The molecule has 49 heavy (non-hydrogen) atoms. The van der Waals surface area contributed by atoms with E-state index in [0.717, 1.165) is 109 Å². The van der Waals surface area contributed by atoms with Crippen molar-refractivity contribution in [1.29, 1.82) is 0 Å². The number of nitrogens with one attached hydrogen (secondary N) is 2. The number of carbonyl (C=O) groups excluding carboxylic acids is 2. The third-order valence-corrected chi connectivity index (χ3v) is 9.73. The number of esters is 1. The van der Waals surface area contributed by atoms with Gasteiger partial charge in [-0.1, -0.05) is 57.4 Å².